The van der Waals surface area contributed by atoms with Gasteiger partial charge in [-0.05, 0) is 25.1 Å². The molecule has 102 valence electrons. The molecule has 20 heavy (non-hydrogen) atoms. The van der Waals surface area contributed by atoms with E-state index in [0.29, 0.717) is 11.1 Å². The van der Waals surface area contributed by atoms with E-state index in [1.165, 1.54) is 30.0 Å². The van der Waals surface area contributed by atoms with Crippen LogP contribution in [0, 0.1) is 11.3 Å². The molecule has 2 aromatic rings. The molecular weight excluding hydrogens is 292 g/mol. The molecule has 0 unspecified atom stereocenters. The van der Waals surface area contributed by atoms with Gasteiger partial charge in [-0.1, -0.05) is 23.1 Å². The molecule has 0 aliphatic carbocycles. The van der Waals surface area contributed by atoms with E-state index in [9.17, 15) is 4.79 Å². The van der Waals surface area contributed by atoms with Crippen LogP contribution in [0.25, 0.3) is 0 Å². The molecule has 1 aromatic heterocycles. The predicted octanol–water partition coefficient (Wildman–Crippen LogP) is 2.83. The van der Waals surface area contributed by atoms with Crippen molar-refractivity contribution in [2.24, 2.45) is 0 Å². The van der Waals surface area contributed by atoms with E-state index in [4.69, 9.17) is 5.26 Å². The van der Waals surface area contributed by atoms with E-state index in [1.54, 1.807) is 18.2 Å². The standard InChI is InChI=1S/C13H12N4OS2/c1-8(18)10-5-4-9(7-14)6-11(10)19-13-16-15-12(20-13)17(2)3/h4-6H,1-3H3. The minimum atomic E-state index is -0.0330. The Balaban J connectivity index is 2.35. The second-order valence-electron chi connectivity index (χ2n) is 4.23. The van der Waals surface area contributed by atoms with Crippen LogP contribution in [0.3, 0.4) is 0 Å². The van der Waals surface area contributed by atoms with Crippen molar-refractivity contribution in [3.05, 3.63) is 29.3 Å². The summed E-state index contributed by atoms with van der Waals surface area (Å²) in [4.78, 5) is 14.2. The SMILES string of the molecule is CC(=O)c1ccc(C#N)cc1Sc1nnc(N(C)C)s1. The van der Waals surface area contributed by atoms with Crippen LogP contribution in [0.1, 0.15) is 22.8 Å². The van der Waals surface area contributed by atoms with Gasteiger partial charge in [-0.3, -0.25) is 4.79 Å². The van der Waals surface area contributed by atoms with Gasteiger partial charge in [-0.25, -0.2) is 0 Å². The molecule has 2 rings (SSSR count). The molecule has 0 atom stereocenters. The van der Waals surface area contributed by atoms with E-state index >= 15 is 0 Å². The highest BCUT2D eigenvalue weighted by Crippen LogP contribution is 2.35. The van der Waals surface area contributed by atoms with E-state index in [1.807, 2.05) is 19.0 Å². The van der Waals surface area contributed by atoms with E-state index in [0.717, 1.165) is 14.4 Å². The van der Waals surface area contributed by atoms with Gasteiger partial charge < -0.3 is 4.90 Å². The van der Waals surface area contributed by atoms with Crippen LogP contribution >= 0.6 is 23.1 Å². The zero-order valence-electron chi connectivity index (χ0n) is 11.2. The van der Waals surface area contributed by atoms with Crippen molar-refractivity contribution in [3.8, 4) is 6.07 Å². The van der Waals surface area contributed by atoms with Gasteiger partial charge in [-0.2, -0.15) is 5.26 Å². The van der Waals surface area contributed by atoms with Crippen LogP contribution in [0.5, 0.6) is 0 Å². The molecule has 7 heteroatoms. The van der Waals surface area contributed by atoms with E-state index in [2.05, 4.69) is 16.3 Å². The highest BCUT2D eigenvalue weighted by molar-refractivity contribution is 8.01. The Labute approximate surface area is 125 Å². The lowest BCUT2D eigenvalue weighted by atomic mass is 10.1. The second-order valence-corrected chi connectivity index (χ2v) is 6.47. The summed E-state index contributed by atoms with van der Waals surface area (Å²) < 4.78 is 0.742. The van der Waals surface area contributed by atoms with Gasteiger partial charge in [0.15, 0.2) is 10.1 Å². The Morgan fingerprint density at radius 1 is 1.40 bits per heavy atom. The van der Waals surface area contributed by atoms with Gasteiger partial charge in [0.1, 0.15) is 0 Å². The van der Waals surface area contributed by atoms with Crippen molar-refractivity contribution in [3.63, 3.8) is 0 Å². The Morgan fingerprint density at radius 2 is 2.15 bits per heavy atom. The summed E-state index contributed by atoms with van der Waals surface area (Å²) in [6.07, 6.45) is 0. The fourth-order valence-electron chi connectivity index (χ4n) is 1.49. The number of carbonyl (C=O) groups excluding carboxylic acids is 1. The van der Waals surface area contributed by atoms with Crippen molar-refractivity contribution >= 4 is 34.0 Å². The quantitative estimate of drug-likeness (QED) is 0.809. The Hall–Kier alpha value is -1.91. The van der Waals surface area contributed by atoms with Gasteiger partial charge in [0.25, 0.3) is 0 Å². The Morgan fingerprint density at radius 3 is 2.70 bits per heavy atom. The monoisotopic (exact) mass is 304 g/mol. The normalized spacial score (nSPS) is 10.1. The lowest BCUT2D eigenvalue weighted by Crippen LogP contribution is -2.07. The Kier molecular flexibility index (Phi) is 4.37. The third-order valence-corrected chi connectivity index (χ3v) is 4.67. The van der Waals surface area contributed by atoms with E-state index in [-0.39, 0.29) is 5.78 Å². The number of benzene rings is 1. The third-order valence-electron chi connectivity index (χ3n) is 2.47. The van der Waals surface area contributed by atoms with Crippen LogP contribution in [0.15, 0.2) is 27.4 Å². The van der Waals surface area contributed by atoms with Crippen LogP contribution < -0.4 is 4.90 Å². The fraction of sp³-hybridized carbons (Fsp3) is 0.231. The summed E-state index contributed by atoms with van der Waals surface area (Å²) in [5, 5.41) is 17.9. The first kappa shape index (κ1) is 14.5. The number of ketones is 1. The van der Waals surface area contributed by atoms with Crippen molar-refractivity contribution in [1.82, 2.24) is 10.2 Å². The number of rotatable bonds is 4. The van der Waals surface area contributed by atoms with Gasteiger partial charge in [-0.15, -0.1) is 10.2 Å². The summed E-state index contributed by atoms with van der Waals surface area (Å²) in [5.74, 6) is -0.0330. The molecule has 0 aliphatic heterocycles. The molecule has 1 aromatic carbocycles. The molecule has 0 saturated heterocycles. The van der Waals surface area contributed by atoms with Crippen molar-refractivity contribution in [2.45, 2.75) is 16.2 Å². The molecule has 1 heterocycles. The molecule has 0 fully saturated rings. The van der Waals surface area contributed by atoms with Crippen LogP contribution in [-0.4, -0.2) is 30.1 Å². The molecule has 0 N–H and O–H groups in total. The molecule has 0 bridgehead atoms. The minimum absolute atomic E-state index is 0.0330. The number of Topliss-reactive ketones (excluding diaryl/α,β-unsaturated/α-hetero) is 1. The van der Waals surface area contributed by atoms with Crippen LogP contribution in [0.2, 0.25) is 0 Å². The molecule has 0 amide bonds. The summed E-state index contributed by atoms with van der Waals surface area (Å²) in [5.41, 5.74) is 1.12. The highest BCUT2D eigenvalue weighted by atomic mass is 32.2. The van der Waals surface area contributed by atoms with Crippen LogP contribution in [0.4, 0.5) is 5.13 Å². The largest absolute Gasteiger partial charge is 0.353 e. The number of aromatic nitrogens is 2. The zero-order valence-corrected chi connectivity index (χ0v) is 12.9. The number of carbonyl (C=O) groups is 1. The smallest absolute Gasteiger partial charge is 0.208 e. The highest BCUT2D eigenvalue weighted by Gasteiger charge is 2.13. The maximum Gasteiger partial charge on any atom is 0.208 e. The van der Waals surface area contributed by atoms with Crippen molar-refractivity contribution in [1.29, 1.82) is 5.26 Å². The van der Waals surface area contributed by atoms with Gasteiger partial charge in [0.05, 0.1) is 11.6 Å². The second kappa shape index (κ2) is 6.03. The van der Waals surface area contributed by atoms with Gasteiger partial charge in [0, 0.05) is 24.6 Å². The number of anilines is 1. The summed E-state index contributed by atoms with van der Waals surface area (Å²) >= 11 is 2.80. The molecule has 5 nitrogen and oxygen atoms in total. The topological polar surface area (TPSA) is 69.9 Å². The minimum Gasteiger partial charge on any atom is -0.353 e. The fourth-order valence-corrected chi connectivity index (χ4v) is 3.42. The van der Waals surface area contributed by atoms with E-state index < -0.39 is 0 Å². The maximum absolute atomic E-state index is 11.6. The van der Waals surface area contributed by atoms with Crippen LogP contribution in [-0.2, 0) is 0 Å². The predicted molar refractivity (Wildman–Crippen MR) is 79.5 cm³/mol. The number of hydrogen-bond donors (Lipinski definition) is 0. The van der Waals surface area contributed by atoms with Gasteiger partial charge in [0.2, 0.25) is 5.13 Å². The number of hydrogen-bond acceptors (Lipinski definition) is 7. The maximum atomic E-state index is 11.6. The lowest BCUT2D eigenvalue weighted by molar-refractivity contribution is 0.101. The summed E-state index contributed by atoms with van der Waals surface area (Å²) in [6.45, 7) is 1.51. The molecule has 0 spiro atoms. The first-order valence-corrected chi connectivity index (χ1v) is 7.38. The van der Waals surface area contributed by atoms with Gasteiger partial charge >= 0.3 is 0 Å². The summed E-state index contributed by atoms with van der Waals surface area (Å²) in [7, 11) is 3.79. The first-order valence-electron chi connectivity index (χ1n) is 5.75. The molecular formula is C13H12N4OS2. The molecule has 0 saturated carbocycles. The third kappa shape index (κ3) is 3.15. The lowest BCUT2D eigenvalue weighted by Gasteiger charge is -2.05. The summed E-state index contributed by atoms with van der Waals surface area (Å²) in [6, 6.07) is 7.11. The molecule has 0 radical (unpaired) electrons. The van der Waals surface area contributed by atoms with Crippen molar-refractivity contribution < 1.29 is 4.79 Å². The number of nitrogens with zero attached hydrogens (tertiary/aromatic N) is 4. The number of nitriles is 1. The van der Waals surface area contributed by atoms with Crippen molar-refractivity contribution in [2.75, 3.05) is 19.0 Å². The molecule has 0 aliphatic rings. The average molecular weight is 304 g/mol. The average Bonchev–Trinajstić information content (AvgIpc) is 2.87. The zero-order chi connectivity index (χ0) is 14.7. The first-order chi connectivity index (χ1) is 9.51. The Bertz CT molecular complexity index is 688.